The normalized spacial score (nSPS) is 15.3. The first kappa shape index (κ1) is 12.3. The summed E-state index contributed by atoms with van der Waals surface area (Å²) in [5.74, 6) is -0.564. The molecule has 5 heteroatoms. The van der Waals surface area contributed by atoms with Gasteiger partial charge in [0, 0.05) is 18.3 Å². The molecule has 2 rings (SSSR count). The standard InChI is InChI=1S/C13H13F2N3/c1-8-17-6-9(7-18-8)2-3-10-11(14)4-5-12(16)13(10)15/h2-6H,7,16H2,1H3,(H,17,18). The molecule has 0 amide bonds. The molecule has 0 spiro atoms. The van der Waals surface area contributed by atoms with Crippen LogP contribution < -0.4 is 11.1 Å². The van der Waals surface area contributed by atoms with Crippen LogP contribution in [0.2, 0.25) is 0 Å². The summed E-state index contributed by atoms with van der Waals surface area (Å²) in [5.41, 5.74) is 6.02. The maximum Gasteiger partial charge on any atom is 0.156 e. The van der Waals surface area contributed by atoms with Gasteiger partial charge in [0.25, 0.3) is 0 Å². The Morgan fingerprint density at radius 2 is 2.11 bits per heavy atom. The minimum Gasteiger partial charge on any atom is -0.396 e. The van der Waals surface area contributed by atoms with Crippen molar-refractivity contribution >= 4 is 17.6 Å². The molecule has 1 aromatic carbocycles. The Bertz CT molecular complexity index is 560. The molecule has 0 saturated carbocycles. The number of anilines is 1. The third kappa shape index (κ3) is 2.56. The SMILES string of the molecule is CC1=NC=C(C=Cc2c(F)ccc(N)c2F)CN1. The van der Waals surface area contributed by atoms with Crippen LogP contribution in [0.5, 0.6) is 0 Å². The Hall–Kier alpha value is -2.17. The van der Waals surface area contributed by atoms with Crippen LogP contribution in [0.25, 0.3) is 6.08 Å². The lowest BCUT2D eigenvalue weighted by Crippen LogP contribution is -2.24. The molecule has 0 saturated heterocycles. The third-order valence-electron chi connectivity index (χ3n) is 2.59. The van der Waals surface area contributed by atoms with Gasteiger partial charge in [0.15, 0.2) is 5.82 Å². The van der Waals surface area contributed by atoms with Crippen molar-refractivity contribution in [1.82, 2.24) is 5.32 Å². The number of nitrogens with two attached hydrogens (primary N) is 1. The number of hydrogen-bond donors (Lipinski definition) is 2. The van der Waals surface area contributed by atoms with E-state index >= 15 is 0 Å². The summed E-state index contributed by atoms with van der Waals surface area (Å²) in [6, 6.07) is 2.35. The molecule has 0 aliphatic carbocycles. The van der Waals surface area contributed by atoms with Crippen molar-refractivity contribution in [3.63, 3.8) is 0 Å². The Labute approximate surface area is 104 Å². The Morgan fingerprint density at radius 3 is 2.78 bits per heavy atom. The number of amidine groups is 1. The van der Waals surface area contributed by atoms with Crippen molar-refractivity contribution in [3.8, 4) is 0 Å². The molecule has 0 bridgehead atoms. The van der Waals surface area contributed by atoms with Gasteiger partial charge in [-0.25, -0.2) is 13.8 Å². The van der Waals surface area contributed by atoms with Gasteiger partial charge in [0.05, 0.1) is 11.5 Å². The smallest absolute Gasteiger partial charge is 0.156 e. The minimum atomic E-state index is -0.740. The van der Waals surface area contributed by atoms with Crippen molar-refractivity contribution in [2.75, 3.05) is 12.3 Å². The van der Waals surface area contributed by atoms with E-state index in [1.807, 2.05) is 6.92 Å². The Kier molecular flexibility index (Phi) is 3.41. The van der Waals surface area contributed by atoms with Gasteiger partial charge in [-0.1, -0.05) is 6.08 Å². The molecule has 3 N–H and O–H groups in total. The minimum absolute atomic E-state index is 0.0688. The molecule has 18 heavy (non-hydrogen) atoms. The van der Waals surface area contributed by atoms with E-state index in [1.165, 1.54) is 12.1 Å². The summed E-state index contributed by atoms with van der Waals surface area (Å²) < 4.78 is 27.0. The highest BCUT2D eigenvalue weighted by Crippen LogP contribution is 2.20. The molecular formula is C13H13F2N3. The molecule has 0 atom stereocenters. The van der Waals surface area contributed by atoms with Gasteiger partial charge in [-0.3, -0.25) is 0 Å². The van der Waals surface area contributed by atoms with Crippen LogP contribution in [0, 0.1) is 11.6 Å². The highest BCUT2D eigenvalue weighted by molar-refractivity contribution is 5.81. The fourth-order valence-corrected chi connectivity index (χ4v) is 1.53. The molecule has 0 aromatic heterocycles. The highest BCUT2D eigenvalue weighted by atomic mass is 19.1. The van der Waals surface area contributed by atoms with Gasteiger partial charge in [-0.05, 0) is 30.7 Å². The fourth-order valence-electron chi connectivity index (χ4n) is 1.53. The number of hydrogen-bond acceptors (Lipinski definition) is 3. The summed E-state index contributed by atoms with van der Waals surface area (Å²) in [7, 11) is 0. The largest absolute Gasteiger partial charge is 0.396 e. The van der Waals surface area contributed by atoms with Crippen LogP contribution in [-0.2, 0) is 0 Å². The predicted molar refractivity (Wildman–Crippen MR) is 69.0 cm³/mol. The molecular weight excluding hydrogens is 236 g/mol. The van der Waals surface area contributed by atoms with E-state index in [4.69, 9.17) is 5.73 Å². The average molecular weight is 249 g/mol. The van der Waals surface area contributed by atoms with Gasteiger partial charge >= 0.3 is 0 Å². The molecule has 1 aromatic rings. The summed E-state index contributed by atoms with van der Waals surface area (Å²) in [5, 5.41) is 3.03. The van der Waals surface area contributed by atoms with E-state index in [-0.39, 0.29) is 11.3 Å². The Morgan fingerprint density at radius 1 is 1.33 bits per heavy atom. The van der Waals surface area contributed by atoms with Crippen molar-refractivity contribution < 1.29 is 8.78 Å². The number of nitrogen functional groups attached to an aromatic ring is 1. The van der Waals surface area contributed by atoms with Gasteiger partial charge in [-0.15, -0.1) is 0 Å². The second-order valence-electron chi connectivity index (χ2n) is 3.97. The summed E-state index contributed by atoms with van der Waals surface area (Å²) in [6.45, 7) is 2.42. The Balaban J connectivity index is 2.27. The van der Waals surface area contributed by atoms with E-state index in [0.29, 0.717) is 6.54 Å². The quantitative estimate of drug-likeness (QED) is 0.791. The van der Waals surface area contributed by atoms with E-state index in [0.717, 1.165) is 17.5 Å². The van der Waals surface area contributed by atoms with E-state index < -0.39 is 11.6 Å². The monoisotopic (exact) mass is 249 g/mol. The molecule has 1 aliphatic heterocycles. The molecule has 1 heterocycles. The van der Waals surface area contributed by atoms with Crippen LogP contribution in [0.1, 0.15) is 12.5 Å². The number of nitrogens with zero attached hydrogens (tertiary/aromatic N) is 1. The second kappa shape index (κ2) is 5.00. The molecule has 0 radical (unpaired) electrons. The first-order valence-corrected chi connectivity index (χ1v) is 5.47. The van der Waals surface area contributed by atoms with Crippen LogP contribution in [0.3, 0.4) is 0 Å². The highest BCUT2D eigenvalue weighted by Gasteiger charge is 2.09. The number of aliphatic imine (C=N–C) groups is 1. The zero-order valence-electron chi connectivity index (χ0n) is 9.87. The average Bonchev–Trinajstić information content (AvgIpc) is 2.36. The number of halogens is 2. The molecule has 0 fully saturated rings. The van der Waals surface area contributed by atoms with Gasteiger partial charge in [0.2, 0.25) is 0 Å². The first-order chi connectivity index (χ1) is 8.58. The first-order valence-electron chi connectivity index (χ1n) is 5.47. The van der Waals surface area contributed by atoms with Crippen LogP contribution >= 0.6 is 0 Å². The molecule has 1 aliphatic rings. The lowest BCUT2D eigenvalue weighted by Gasteiger charge is -2.10. The van der Waals surface area contributed by atoms with Gasteiger partial charge < -0.3 is 11.1 Å². The zero-order valence-corrected chi connectivity index (χ0v) is 9.87. The molecule has 3 nitrogen and oxygen atoms in total. The molecule has 0 unspecified atom stereocenters. The van der Waals surface area contributed by atoms with E-state index in [1.54, 1.807) is 12.3 Å². The van der Waals surface area contributed by atoms with Gasteiger partial charge in [-0.2, -0.15) is 0 Å². The van der Waals surface area contributed by atoms with Crippen molar-refractivity contribution in [2.24, 2.45) is 4.99 Å². The van der Waals surface area contributed by atoms with Crippen molar-refractivity contribution in [1.29, 1.82) is 0 Å². The summed E-state index contributed by atoms with van der Waals surface area (Å²) in [6.07, 6.45) is 4.64. The number of rotatable bonds is 2. The second-order valence-corrected chi connectivity index (χ2v) is 3.97. The summed E-state index contributed by atoms with van der Waals surface area (Å²) in [4.78, 5) is 4.07. The zero-order chi connectivity index (χ0) is 13.1. The topological polar surface area (TPSA) is 50.4 Å². The summed E-state index contributed by atoms with van der Waals surface area (Å²) >= 11 is 0. The third-order valence-corrected chi connectivity index (χ3v) is 2.59. The van der Waals surface area contributed by atoms with Crippen LogP contribution in [-0.4, -0.2) is 12.4 Å². The van der Waals surface area contributed by atoms with Crippen molar-refractivity contribution in [2.45, 2.75) is 6.92 Å². The van der Waals surface area contributed by atoms with Crippen molar-refractivity contribution in [3.05, 3.63) is 47.2 Å². The lowest BCUT2D eigenvalue weighted by molar-refractivity contribution is 0.581. The number of nitrogens with one attached hydrogen (secondary N) is 1. The maximum absolute atomic E-state index is 13.6. The molecule has 94 valence electrons. The lowest BCUT2D eigenvalue weighted by atomic mass is 10.1. The fraction of sp³-hybridized carbons (Fsp3) is 0.154. The predicted octanol–water partition coefficient (Wildman–Crippen LogP) is 2.47. The number of benzene rings is 1. The van der Waals surface area contributed by atoms with E-state index in [9.17, 15) is 8.78 Å². The van der Waals surface area contributed by atoms with E-state index in [2.05, 4.69) is 10.3 Å². The van der Waals surface area contributed by atoms with Gasteiger partial charge in [0.1, 0.15) is 5.82 Å². The van der Waals surface area contributed by atoms with Crippen LogP contribution in [0.15, 0.2) is 35.0 Å². The maximum atomic E-state index is 13.6. The van der Waals surface area contributed by atoms with Crippen LogP contribution in [0.4, 0.5) is 14.5 Å².